The van der Waals surface area contributed by atoms with E-state index in [1.807, 2.05) is 30.3 Å². The van der Waals surface area contributed by atoms with E-state index in [9.17, 15) is 14.1 Å². The second-order valence-electron chi connectivity index (χ2n) is 5.78. The van der Waals surface area contributed by atoms with Crippen LogP contribution in [-0.4, -0.2) is 43.4 Å². The molecule has 5 nitrogen and oxygen atoms in total. The zero-order valence-corrected chi connectivity index (χ0v) is 14.3. The number of nitrogens with zero attached hydrogens (tertiary/aromatic N) is 1. The Balaban J connectivity index is 1.76. The predicted octanol–water partition coefficient (Wildman–Crippen LogP) is 1.81. The second-order valence-corrected chi connectivity index (χ2v) is 8.67. The third-order valence-electron chi connectivity index (χ3n) is 4.38. The summed E-state index contributed by atoms with van der Waals surface area (Å²) in [5.41, 5.74) is 0.849. The largest absolute Gasteiger partial charge is 0.615 e. The number of esters is 1. The predicted molar refractivity (Wildman–Crippen MR) is 87.2 cm³/mol. The Morgan fingerprint density at radius 2 is 2.17 bits per heavy atom. The molecule has 0 radical (unpaired) electrons. The number of halogens is 1. The molecule has 3 unspecified atom stereocenters. The minimum atomic E-state index is -1.41. The second kappa shape index (κ2) is 6.34. The maximum Gasteiger partial charge on any atom is 0.336 e. The number of benzene rings is 1. The van der Waals surface area contributed by atoms with Gasteiger partial charge in [0, 0.05) is 18.9 Å². The van der Waals surface area contributed by atoms with Gasteiger partial charge in [0.15, 0.2) is 6.04 Å². The summed E-state index contributed by atoms with van der Waals surface area (Å²) >= 11 is 5.15. The van der Waals surface area contributed by atoms with Gasteiger partial charge in [-0.15, -0.1) is 0 Å². The monoisotopic (exact) mass is 355 g/mol. The number of hydrogen-bond acceptors (Lipinski definition) is 4. The van der Waals surface area contributed by atoms with Crippen molar-refractivity contribution in [3.63, 3.8) is 0 Å². The molecule has 0 saturated carbocycles. The van der Waals surface area contributed by atoms with E-state index < -0.39 is 27.4 Å². The highest BCUT2D eigenvalue weighted by atomic mass is 35.5. The molecule has 0 aromatic heterocycles. The minimum Gasteiger partial charge on any atom is -0.615 e. The fraction of sp³-hybridized carbons (Fsp3) is 0.500. The molecular weight excluding hydrogens is 338 g/mol. The number of amides is 1. The molecule has 0 spiro atoms. The van der Waals surface area contributed by atoms with E-state index in [0.717, 1.165) is 5.56 Å². The molecule has 2 aliphatic heterocycles. The number of hydrogen-bond donors (Lipinski definition) is 0. The third kappa shape index (κ3) is 2.84. The van der Waals surface area contributed by atoms with E-state index in [2.05, 4.69) is 0 Å². The quantitative estimate of drug-likeness (QED) is 0.349. The molecule has 23 heavy (non-hydrogen) atoms. The molecule has 0 N–H and O–H groups in total. The molecule has 2 fully saturated rings. The number of rotatable bonds is 5. The number of carbonyl (C=O) groups is 2. The Bertz CT molecular complexity index is 613. The Kier molecular flexibility index (Phi) is 4.58. The standard InChI is InChI=1S/C16H18ClNO4S/c1-2-23(21)16(17)9-12-8-13(19)18(12)14(16)15(20)22-10-11-6-4-3-5-7-11/h3-7,12,14H,2,8-10H2,1H3/t12?,14-,16?,23?/m1/s1. The topological polar surface area (TPSA) is 69.7 Å². The van der Waals surface area contributed by atoms with Crippen LogP contribution in [-0.2, 0) is 32.1 Å². The van der Waals surface area contributed by atoms with Crippen molar-refractivity contribution in [1.82, 2.24) is 4.90 Å². The number of fused-ring (bicyclic) bond motifs is 1. The van der Waals surface area contributed by atoms with Crippen LogP contribution in [0.1, 0.15) is 25.3 Å². The van der Waals surface area contributed by atoms with Gasteiger partial charge in [-0.1, -0.05) is 41.9 Å². The van der Waals surface area contributed by atoms with Crippen LogP contribution in [0.5, 0.6) is 0 Å². The first-order valence-electron chi connectivity index (χ1n) is 7.56. The average Bonchev–Trinajstić information content (AvgIpc) is 2.81. The Labute approximate surface area is 143 Å². The highest BCUT2D eigenvalue weighted by Gasteiger charge is 2.67. The Morgan fingerprint density at radius 3 is 2.78 bits per heavy atom. The van der Waals surface area contributed by atoms with Crippen molar-refractivity contribution in [3.05, 3.63) is 35.9 Å². The van der Waals surface area contributed by atoms with E-state index in [1.165, 1.54) is 4.90 Å². The summed E-state index contributed by atoms with van der Waals surface area (Å²) < 4.78 is 16.5. The lowest BCUT2D eigenvalue weighted by Gasteiger charge is -2.38. The van der Waals surface area contributed by atoms with Crippen molar-refractivity contribution < 1.29 is 18.9 Å². The smallest absolute Gasteiger partial charge is 0.336 e. The van der Waals surface area contributed by atoms with E-state index in [4.69, 9.17) is 16.3 Å². The van der Waals surface area contributed by atoms with Crippen LogP contribution in [0.4, 0.5) is 0 Å². The molecule has 1 amide bonds. The molecule has 0 bridgehead atoms. The lowest BCUT2D eigenvalue weighted by atomic mass is 10.0. The average molecular weight is 356 g/mol. The summed E-state index contributed by atoms with van der Waals surface area (Å²) in [6.45, 7) is 1.86. The summed E-state index contributed by atoms with van der Waals surface area (Å²) in [5.74, 6) is -0.380. The van der Waals surface area contributed by atoms with E-state index in [0.29, 0.717) is 18.6 Å². The molecule has 2 saturated heterocycles. The molecule has 2 heterocycles. The maximum atomic E-state index is 12.6. The molecule has 4 atom stereocenters. The van der Waals surface area contributed by atoms with Crippen molar-refractivity contribution in [3.8, 4) is 0 Å². The van der Waals surface area contributed by atoms with Crippen molar-refractivity contribution in [2.45, 2.75) is 42.7 Å². The van der Waals surface area contributed by atoms with Crippen molar-refractivity contribution in [2.24, 2.45) is 0 Å². The normalized spacial score (nSPS) is 30.6. The summed E-state index contributed by atoms with van der Waals surface area (Å²) in [4.78, 5) is 25.9. The first-order chi connectivity index (χ1) is 11.0. The van der Waals surface area contributed by atoms with Crippen molar-refractivity contribution >= 4 is 34.7 Å². The van der Waals surface area contributed by atoms with Gasteiger partial charge in [-0.05, 0) is 23.7 Å². The minimum absolute atomic E-state index is 0.106. The zero-order chi connectivity index (χ0) is 16.6. The van der Waals surface area contributed by atoms with E-state index in [-0.39, 0.29) is 18.6 Å². The van der Waals surface area contributed by atoms with Gasteiger partial charge >= 0.3 is 5.97 Å². The molecule has 7 heteroatoms. The van der Waals surface area contributed by atoms with Crippen LogP contribution in [0.25, 0.3) is 0 Å². The molecule has 2 aliphatic rings. The molecular formula is C16H18ClNO4S. The fourth-order valence-electron chi connectivity index (χ4n) is 3.22. The number of ether oxygens (including phenoxy) is 1. The van der Waals surface area contributed by atoms with Crippen LogP contribution in [0.15, 0.2) is 30.3 Å². The first kappa shape index (κ1) is 16.6. The van der Waals surface area contributed by atoms with Crippen LogP contribution >= 0.6 is 11.6 Å². The number of carbonyl (C=O) groups excluding carboxylic acids is 2. The summed E-state index contributed by atoms with van der Waals surface area (Å²) in [6.07, 6.45) is 0.726. The third-order valence-corrected chi connectivity index (χ3v) is 6.93. The molecule has 1 aromatic carbocycles. The first-order valence-corrected chi connectivity index (χ1v) is 9.26. The van der Waals surface area contributed by atoms with Crippen LogP contribution in [0, 0.1) is 0 Å². The van der Waals surface area contributed by atoms with Crippen molar-refractivity contribution in [2.75, 3.05) is 5.75 Å². The van der Waals surface area contributed by atoms with Gasteiger partial charge in [-0.3, -0.25) is 4.79 Å². The maximum absolute atomic E-state index is 12.6. The molecule has 1 aromatic rings. The molecule has 0 aliphatic carbocycles. The van der Waals surface area contributed by atoms with Gasteiger partial charge in [-0.2, -0.15) is 0 Å². The molecule has 3 rings (SSSR count). The highest BCUT2D eigenvalue weighted by Crippen LogP contribution is 2.49. The van der Waals surface area contributed by atoms with Gasteiger partial charge in [0.2, 0.25) is 10.1 Å². The lowest BCUT2D eigenvalue weighted by molar-refractivity contribution is -0.161. The van der Waals surface area contributed by atoms with Crippen LogP contribution < -0.4 is 0 Å². The van der Waals surface area contributed by atoms with Crippen molar-refractivity contribution in [1.29, 1.82) is 0 Å². The van der Waals surface area contributed by atoms with E-state index >= 15 is 0 Å². The summed E-state index contributed by atoms with van der Waals surface area (Å²) in [7, 11) is 0. The highest BCUT2D eigenvalue weighted by molar-refractivity contribution is 7.94. The molecule has 124 valence electrons. The Morgan fingerprint density at radius 1 is 1.48 bits per heavy atom. The Hall–Kier alpha value is -1.24. The van der Waals surface area contributed by atoms with Gasteiger partial charge in [0.05, 0.1) is 0 Å². The van der Waals surface area contributed by atoms with Gasteiger partial charge < -0.3 is 14.2 Å². The SMILES string of the molecule is CC[S+]([O-])C1(Cl)CC2CC(=O)N2[C@@H]1C(=O)OCc1ccccc1. The van der Waals surface area contributed by atoms with E-state index in [1.54, 1.807) is 6.92 Å². The summed E-state index contributed by atoms with van der Waals surface area (Å²) in [5, 5.41) is 0. The zero-order valence-electron chi connectivity index (χ0n) is 12.7. The van der Waals surface area contributed by atoms with Gasteiger partial charge in [-0.25, -0.2) is 4.79 Å². The summed E-state index contributed by atoms with van der Waals surface area (Å²) in [6, 6.07) is 8.19. The van der Waals surface area contributed by atoms with Gasteiger partial charge in [0.25, 0.3) is 0 Å². The van der Waals surface area contributed by atoms with Crippen LogP contribution in [0.3, 0.4) is 0 Å². The van der Waals surface area contributed by atoms with Crippen LogP contribution in [0.2, 0.25) is 0 Å². The number of alkyl halides is 1. The lowest BCUT2D eigenvalue weighted by Crippen LogP contribution is -2.58. The fourth-order valence-corrected chi connectivity index (χ4v) is 5.23. The van der Waals surface area contributed by atoms with Gasteiger partial charge in [0.1, 0.15) is 12.4 Å². The number of β-lactam (4-membered cyclic amide) rings is 1.